The molecular formula is C23H29ClN4O3. The zero-order chi connectivity index (χ0) is 21.1. The molecule has 166 valence electrons. The number of ether oxygens (including phenoxy) is 1. The Bertz CT molecular complexity index is 891. The van der Waals surface area contributed by atoms with E-state index in [2.05, 4.69) is 15.2 Å². The number of fused-ring (bicyclic) bond motifs is 2. The highest BCUT2D eigenvalue weighted by molar-refractivity contribution is 5.95. The Labute approximate surface area is 189 Å². The van der Waals surface area contributed by atoms with Crippen LogP contribution in [0.15, 0.2) is 48.7 Å². The Kier molecular flexibility index (Phi) is 7.51. The number of amides is 2. The molecule has 8 heteroatoms. The van der Waals surface area contributed by atoms with Crippen molar-refractivity contribution >= 4 is 24.2 Å². The number of rotatable bonds is 6. The van der Waals surface area contributed by atoms with Gasteiger partial charge in [-0.1, -0.05) is 18.2 Å². The molecule has 4 rings (SSSR count). The van der Waals surface area contributed by atoms with Crippen molar-refractivity contribution in [3.05, 3.63) is 59.8 Å². The molecule has 2 fully saturated rings. The molecule has 1 aromatic heterocycles. The lowest BCUT2D eigenvalue weighted by Gasteiger charge is -2.40. The summed E-state index contributed by atoms with van der Waals surface area (Å²) < 4.78 is 5.52. The summed E-state index contributed by atoms with van der Waals surface area (Å²) in [6, 6.07) is 13.2. The molecule has 3 unspecified atom stereocenters. The van der Waals surface area contributed by atoms with Crippen LogP contribution in [-0.2, 0) is 0 Å². The SMILES string of the molecule is CC(C)Oc1ccc(C(=O)NCC2CN(C(=O)c3ccccc3)C3CCN2C3)cn1.Cl. The van der Waals surface area contributed by atoms with Crippen molar-refractivity contribution in [3.63, 3.8) is 0 Å². The quantitative estimate of drug-likeness (QED) is 0.741. The first-order valence-electron chi connectivity index (χ1n) is 10.5. The number of halogens is 1. The minimum absolute atomic E-state index is 0. The van der Waals surface area contributed by atoms with E-state index in [-0.39, 0.29) is 42.4 Å². The molecule has 0 spiro atoms. The lowest BCUT2D eigenvalue weighted by atomic mass is 10.1. The van der Waals surface area contributed by atoms with Gasteiger partial charge in [0, 0.05) is 56.1 Å². The zero-order valence-electron chi connectivity index (χ0n) is 17.9. The molecule has 2 amide bonds. The van der Waals surface area contributed by atoms with Gasteiger partial charge in [0.1, 0.15) is 0 Å². The lowest BCUT2D eigenvalue weighted by molar-refractivity contribution is 0.0493. The van der Waals surface area contributed by atoms with Crippen LogP contribution in [0, 0.1) is 0 Å². The minimum atomic E-state index is -0.166. The molecule has 31 heavy (non-hydrogen) atoms. The van der Waals surface area contributed by atoms with Crippen molar-refractivity contribution in [3.8, 4) is 5.88 Å². The molecule has 1 aromatic carbocycles. The fraction of sp³-hybridized carbons (Fsp3) is 0.435. The Balaban J connectivity index is 0.00000272. The molecule has 3 atom stereocenters. The third-order valence-corrected chi connectivity index (χ3v) is 5.69. The second-order valence-corrected chi connectivity index (χ2v) is 8.18. The molecule has 1 N–H and O–H groups in total. The van der Waals surface area contributed by atoms with E-state index in [0.29, 0.717) is 24.5 Å². The van der Waals surface area contributed by atoms with Crippen molar-refractivity contribution in [1.29, 1.82) is 0 Å². The van der Waals surface area contributed by atoms with Crippen LogP contribution in [0.4, 0.5) is 0 Å². The summed E-state index contributed by atoms with van der Waals surface area (Å²) in [4.78, 5) is 34.1. The van der Waals surface area contributed by atoms with Gasteiger partial charge in [0.05, 0.1) is 11.7 Å². The predicted molar refractivity (Wildman–Crippen MR) is 121 cm³/mol. The number of hydrogen-bond acceptors (Lipinski definition) is 5. The Hall–Kier alpha value is -2.64. The summed E-state index contributed by atoms with van der Waals surface area (Å²) >= 11 is 0. The number of nitrogens with zero attached hydrogens (tertiary/aromatic N) is 3. The number of nitrogens with one attached hydrogen (secondary N) is 1. The molecule has 0 radical (unpaired) electrons. The number of hydrogen-bond donors (Lipinski definition) is 1. The monoisotopic (exact) mass is 444 g/mol. The maximum Gasteiger partial charge on any atom is 0.254 e. The standard InChI is InChI=1S/C23H28N4O3.ClH/c1-16(2)30-21-9-8-18(12-24-21)22(28)25-13-20-15-27(19-10-11-26(20)14-19)23(29)17-6-4-3-5-7-17;/h3-9,12,16,19-20H,10-11,13-15H2,1-2H3,(H,25,28);1H. The van der Waals surface area contributed by atoms with Crippen molar-refractivity contribution in [2.75, 3.05) is 26.2 Å². The molecule has 2 aliphatic heterocycles. The summed E-state index contributed by atoms with van der Waals surface area (Å²) in [5.74, 6) is 0.413. The van der Waals surface area contributed by atoms with Gasteiger partial charge in [0.2, 0.25) is 5.88 Å². The van der Waals surface area contributed by atoms with Gasteiger partial charge in [0.15, 0.2) is 0 Å². The summed E-state index contributed by atoms with van der Waals surface area (Å²) in [5.41, 5.74) is 1.22. The van der Waals surface area contributed by atoms with Gasteiger partial charge in [-0.2, -0.15) is 0 Å². The summed E-state index contributed by atoms with van der Waals surface area (Å²) in [6.07, 6.45) is 2.55. The molecule has 2 bridgehead atoms. The van der Waals surface area contributed by atoms with Crippen LogP contribution in [0.2, 0.25) is 0 Å². The largest absolute Gasteiger partial charge is 0.475 e. The summed E-state index contributed by atoms with van der Waals surface area (Å²) in [5, 5.41) is 3.01. The summed E-state index contributed by atoms with van der Waals surface area (Å²) in [6.45, 7) is 6.79. The molecule has 7 nitrogen and oxygen atoms in total. The first-order chi connectivity index (χ1) is 14.5. The van der Waals surface area contributed by atoms with Gasteiger partial charge in [-0.3, -0.25) is 14.5 Å². The Morgan fingerprint density at radius 1 is 1.13 bits per heavy atom. The smallest absolute Gasteiger partial charge is 0.254 e. The van der Waals surface area contributed by atoms with E-state index in [1.54, 1.807) is 12.1 Å². The Morgan fingerprint density at radius 2 is 1.90 bits per heavy atom. The van der Waals surface area contributed by atoms with E-state index in [9.17, 15) is 9.59 Å². The molecule has 0 aliphatic carbocycles. The third kappa shape index (κ3) is 5.35. The van der Waals surface area contributed by atoms with Crippen molar-refractivity contribution in [2.24, 2.45) is 0 Å². The van der Waals surface area contributed by atoms with Crippen LogP contribution < -0.4 is 10.1 Å². The van der Waals surface area contributed by atoms with Crippen LogP contribution >= 0.6 is 12.4 Å². The molecular weight excluding hydrogens is 416 g/mol. The normalized spacial score (nSPS) is 22.0. The van der Waals surface area contributed by atoms with E-state index >= 15 is 0 Å². The van der Waals surface area contributed by atoms with Gasteiger partial charge in [-0.05, 0) is 38.5 Å². The number of carbonyl (C=O) groups excluding carboxylic acids is 2. The average Bonchev–Trinajstić information content (AvgIpc) is 3.17. The van der Waals surface area contributed by atoms with E-state index in [1.165, 1.54) is 6.20 Å². The second kappa shape index (κ2) is 10.1. The van der Waals surface area contributed by atoms with Gasteiger partial charge in [-0.25, -0.2) is 4.98 Å². The summed E-state index contributed by atoms with van der Waals surface area (Å²) in [7, 11) is 0. The lowest BCUT2D eigenvalue weighted by Crippen LogP contribution is -2.57. The number of piperazine rings is 1. The highest BCUT2D eigenvalue weighted by Gasteiger charge is 2.40. The van der Waals surface area contributed by atoms with Crippen LogP contribution in [0.3, 0.4) is 0 Å². The fourth-order valence-corrected chi connectivity index (χ4v) is 4.17. The van der Waals surface area contributed by atoms with Crippen molar-refractivity contribution < 1.29 is 14.3 Å². The average molecular weight is 445 g/mol. The maximum atomic E-state index is 13.0. The van der Waals surface area contributed by atoms with E-state index in [4.69, 9.17) is 4.74 Å². The highest BCUT2D eigenvalue weighted by atomic mass is 35.5. The topological polar surface area (TPSA) is 74.8 Å². The number of benzene rings is 1. The number of carbonyl (C=O) groups is 2. The zero-order valence-corrected chi connectivity index (χ0v) is 18.7. The first-order valence-corrected chi connectivity index (χ1v) is 10.5. The third-order valence-electron chi connectivity index (χ3n) is 5.69. The number of pyridine rings is 1. The van der Waals surface area contributed by atoms with Crippen LogP contribution in [0.25, 0.3) is 0 Å². The van der Waals surface area contributed by atoms with Gasteiger partial charge in [0.25, 0.3) is 11.8 Å². The van der Waals surface area contributed by atoms with Gasteiger partial charge < -0.3 is 15.0 Å². The van der Waals surface area contributed by atoms with E-state index < -0.39 is 0 Å². The van der Waals surface area contributed by atoms with Crippen molar-refractivity contribution in [2.45, 2.75) is 38.5 Å². The van der Waals surface area contributed by atoms with Gasteiger partial charge >= 0.3 is 0 Å². The van der Waals surface area contributed by atoms with Crippen LogP contribution in [-0.4, -0.2) is 71.0 Å². The minimum Gasteiger partial charge on any atom is -0.475 e. The number of aromatic nitrogens is 1. The molecule has 3 heterocycles. The highest BCUT2D eigenvalue weighted by Crippen LogP contribution is 2.26. The van der Waals surface area contributed by atoms with Crippen LogP contribution in [0.5, 0.6) is 5.88 Å². The second-order valence-electron chi connectivity index (χ2n) is 8.18. The Morgan fingerprint density at radius 3 is 2.58 bits per heavy atom. The van der Waals surface area contributed by atoms with Gasteiger partial charge in [-0.15, -0.1) is 12.4 Å². The molecule has 2 aromatic rings. The van der Waals surface area contributed by atoms with Crippen LogP contribution in [0.1, 0.15) is 41.0 Å². The first kappa shape index (κ1) is 23.0. The maximum absolute atomic E-state index is 13.0. The fourth-order valence-electron chi connectivity index (χ4n) is 4.17. The molecule has 0 saturated carbocycles. The van der Waals surface area contributed by atoms with E-state index in [0.717, 1.165) is 25.1 Å². The molecule has 2 aliphatic rings. The molecule has 2 saturated heterocycles. The van der Waals surface area contributed by atoms with E-state index in [1.807, 2.05) is 49.1 Å². The predicted octanol–water partition coefficient (Wildman–Crippen LogP) is 2.62. The van der Waals surface area contributed by atoms with Crippen molar-refractivity contribution in [1.82, 2.24) is 20.1 Å².